The number of H-pyrrole nitrogens is 1. The maximum Gasteiger partial charge on any atom is 0.225 e. The summed E-state index contributed by atoms with van der Waals surface area (Å²) in [6, 6.07) is 14.9. The first kappa shape index (κ1) is 15.9. The Balaban J connectivity index is 1.38. The van der Waals surface area contributed by atoms with Gasteiger partial charge in [0.25, 0.3) is 0 Å². The SMILES string of the molecule is CN(CCc1ccc2ccccc2c1)C(=O)C1CCc2[nH]cnc2C1. The number of likely N-dealkylation sites (N-methyl/N-ethyl adjacent to an activating group) is 1. The first-order chi connectivity index (χ1) is 12.2. The molecule has 4 rings (SSSR count). The number of fused-ring (bicyclic) bond motifs is 2. The Morgan fingerprint density at radius 2 is 2.08 bits per heavy atom. The monoisotopic (exact) mass is 333 g/mol. The van der Waals surface area contributed by atoms with Crippen LogP contribution in [0, 0.1) is 5.92 Å². The Morgan fingerprint density at radius 1 is 1.24 bits per heavy atom. The minimum atomic E-state index is 0.0670. The molecule has 1 aliphatic carbocycles. The van der Waals surface area contributed by atoms with Gasteiger partial charge in [-0.1, -0.05) is 42.5 Å². The first-order valence-corrected chi connectivity index (χ1v) is 8.94. The predicted octanol–water partition coefficient (Wildman–Crippen LogP) is 3.37. The van der Waals surface area contributed by atoms with E-state index >= 15 is 0 Å². The van der Waals surface area contributed by atoms with E-state index in [4.69, 9.17) is 0 Å². The van der Waals surface area contributed by atoms with Crippen molar-refractivity contribution < 1.29 is 4.79 Å². The highest BCUT2D eigenvalue weighted by molar-refractivity contribution is 5.83. The van der Waals surface area contributed by atoms with Crippen LogP contribution in [0.15, 0.2) is 48.8 Å². The third kappa shape index (κ3) is 3.29. The van der Waals surface area contributed by atoms with Crippen molar-refractivity contribution in [3.8, 4) is 0 Å². The normalized spacial score (nSPS) is 16.6. The first-order valence-electron chi connectivity index (χ1n) is 8.94. The summed E-state index contributed by atoms with van der Waals surface area (Å²) in [7, 11) is 1.92. The molecule has 0 fully saturated rings. The van der Waals surface area contributed by atoms with Gasteiger partial charge in [-0.3, -0.25) is 4.79 Å². The van der Waals surface area contributed by atoms with Crippen LogP contribution in [0.3, 0.4) is 0 Å². The summed E-state index contributed by atoms with van der Waals surface area (Å²) in [4.78, 5) is 22.2. The number of imidazole rings is 1. The van der Waals surface area contributed by atoms with Gasteiger partial charge >= 0.3 is 0 Å². The molecule has 25 heavy (non-hydrogen) atoms. The molecule has 1 amide bonds. The molecule has 0 bridgehead atoms. The van der Waals surface area contributed by atoms with Crippen LogP contribution in [0.2, 0.25) is 0 Å². The number of benzene rings is 2. The van der Waals surface area contributed by atoms with Gasteiger partial charge in [-0.05, 0) is 35.6 Å². The molecule has 128 valence electrons. The third-order valence-electron chi connectivity index (χ3n) is 5.27. The Labute approximate surface area is 147 Å². The molecule has 4 nitrogen and oxygen atoms in total. The summed E-state index contributed by atoms with van der Waals surface area (Å²) < 4.78 is 0. The van der Waals surface area contributed by atoms with Gasteiger partial charge in [-0.25, -0.2) is 4.98 Å². The van der Waals surface area contributed by atoms with Crippen LogP contribution in [0.25, 0.3) is 10.8 Å². The standard InChI is InChI=1S/C21H23N3O/c1-24(21(25)18-8-9-19-20(13-18)23-14-22-19)11-10-15-6-7-16-4-2-3-5-17(16)12-15/h2-7,12,14,18H,8-11,13H2,1H3,(H,22,23). The second kappa shape index (κ2) is 6.71. The van der Waals surface area contributed by atoms with Gasteiger partial charge in [0.1, 0.15) is 0 Å². The topological polar surface area (TPSA) is 49.0 Å². The summed E-state index contributed by atoms with van der Waals surface area (Å²) >= 11 is 0. The second-order valence-corrected chi connectivity index (χ2v) is 6.96. The van der Waals surface area contributed by atoms with Crippen molar-refractivity contribution in [1.82, 2.24) is 14.9 Å². The summed E-state index contributed by atoms with van der Waals surface area (Å²) in [6.45, 7) is 0.751. The zero-order valence-electron chi connectivity index (χ0n) is 14.5. The number of amides is 1. The lowest BCUT2D eigenvalue weighted by Crippen LogP contribution is -2.37. The molecule has 2 aromatic carbocycles. The molecule has 1 unspecified atom stereocenters. The van der Waals surface area contributed by atoms with E-state index in [2.05, 4.69) is 52.4 Å². The lowest BCUT2D eigenvalue weighted by molar-refractivity contribution is -0.134. The molecule has 4 heteroatoms. The van der Waals surface area contributed by atoms with Crippen LogP contribution in [-0.2, 0) is 24.1 Å². The summed E-state index contributed by atoms with van der Waals surface area (Å²) in [5.41, 5.74) is 3.53. The van der Waals surface area contributed by atoms with Crippen LogP contribution in [-0.4, -0.2) is 34.4 Å². The number of aromatic amines is 1. The molecule has 0 saturated heterocycles. The van der Waals surface area contributed by atoms with Crippen LogP contribution < -0.4 is 0 Å². The van der Waals surface area contributed by atoms with E-state index < -0.39 is 0 Å². The van der Waals surface area contributed by atoms with Crippen LogP contribution in [0.4, 0.5) is 0 Å². The molecule has 0 spiro atoms. The molecular weight excluding hydrogens is 310 g/mol. The smallest absolute Gasteiger partial charge is 0.225 e. The van der Waals surface area contributed by atoms with Gasteiger partial charge < -0.3 is 9.88 Å². The van der Waals surface area contributed by atoms with Gasteiger partial charge in [0.15, 0.2) is 0 Å². The van der Waals surface area contributed by atoms with Crippen molar-refractivity contribution in [3.05, 3.63) is 65.7 Å². The van der Waals surface area contributed by atoms with E-state index in [0.717, 1.165) is 37.9 Å². The number of rotatable bonds is 4. The van der Waals surface area contributed by atoms with Crippen molar-refractivity contribution in [2.24, 2.45) is 5.92 Å². The largest absolute Gasteiger partial charge is 0.348 e. The van der Waals surface area contributed by atoms with E-state index in [1.165, 1.54) is 22.0 Å². The van der Waals surface area contributed by atoms with Crippen LogP contribution in [0.1, 0.15) is 23.4 Å². The van der Waals surface area contributed by atoms with Crippen LogP contribution in [0.5, 0.6) is 0 Å². The van der Waals surface area contributed by atoms with Gasteiger partial charge in [0.05, 0.1) is 12.0 Å². The van der Waals surface area contributed by atoms with E-state index in [-0.39, 0.29) is 11.8 Å². The summed E-state index contributed by atoms with van der Waals surface area (Å²) in [5, 5.41) is 2.51. The minimum Gasteiger partial charge on any atom is -0.348 e. The number of aromatic nitrogens is 2. The molecule has 1 aromatic heterocycles. The highest BCUT2D eigenvalue weighted by Gasteiger charge is 2.28. The summed E-state index contributed by atoms with van der Waals surface area (Å²) in [6.07, 6.45) is 5.21. The number of hydrogen-bond acceptors (Lipinski definition) is 2. The molecule has 0 radical (unpaired) electrons. The van der Waals surface area contributed by atoms with Gasteiger partial charge in [0.2, 0.25) is 5.91 Å². The number of carbonyl (C=O) groups excluding carboxylic acids is 1. The van der Waals surface area contributed by atoms with Crippen molar-refractivity contribution in [3.63, 3.8) is 0 Å². The number of aryl methyl sites for hydroxylation is 1. The molecule has 0 saturated carbocycles. The molecule has 0 aliphatic heterocycles. The lowest BCUT2D eigenvalue weighted by Gasteiger charge is -2.26. The van der Waals surface area contributed by atoms with E-state index in [9.17, 15) is 4.79 Å². The fraction of sp³-hybridized carbons (Fsp3) is 0.333. The fourth-order valence-electron chi connectivity index (χ4n) is 3.72. The maximum atomic E-state index is 12.8. The molecule has 1 aliphatic rings. The van der Waals surface area contributed by atoms with Crippen molar-refractivity contribution >= 4 is 16.7 Å². The van der Waals surface area contributed by atoms with Crippen LogP contribution >= 0.6 is 0 Å². The van der Waals surface area contributed by atoms with Crippen molar-refractivity contribution in [2.45, 2.75) is 25.7 Å². The fourth-order valence-corrected chi connectivity index (χ4v) is 3.72. The number of nitrogens with zero attached hydrogens (tertiary/aromatic N) is 2. The van der Waals surface area contributed by atoms with Gasteiger partial charge in [0, 0.05) is 31.6 Å². The lowest BCUT2D eigenvalue weighted by atomic mass is 9.89. The Hall–Kier alpha value is -2.62. The average Bonchev–Trinajstić information content (AvgIpc) is 3.13. The summed E-state index contributed by atoms with van der Waals surface area (Å²) in [5.74, 6) is 0.312. The highest BCUT2D eigenvalue weighted by Crippen LogP contribution is 2.24. The average molecular weight is 333 g/mol. The minimum absolute atomic E-state index is 0.0670. The molecule has 1 N–H and O–H groups in total. The molecule has 3 aromatic rings. The zero-order chi connectivity index (χ0) is 17.2. The quantitative estimate of drug-likeness (QED) is 0.796. The molecular formula is C21H23N3O. The number of nitrogens with one attached hydrogen (secondary N) is 1. The van der Waals surface area contributed by atoms with E-state index in [1.54, 1.807) is 6.33 Å². The number of carbonyl (C=O) groups is 1. The van der Waals surface area contributed by atoms with Crippen molar-refractivity contribution in [2.75, 3.05) is 13.6 Å². The van der Waals surface area contributed by atoms with E-state index in [0.29, 0.717) is 0 Å². The Kier molecular flexibility index (Phi) is 4.26. The third-order valence-corrected chi connectivity index (χ3v) is 5.27. The van der Waals surface area contributed by atoms with Gasteiger partial charge in [-0.15, -0.1) is 0 Å². The number of hydrogen-bond donors (Lipinski definition) is 1. The molecule has 1 heterocycles. The highest BCUT2D eigenvalue weighted by atomic mass is 16.2. The predicted molar refractivity (Wildman–Crippen MR) is 99.4 cm³/mol. The van der Waals surface area contributed by atoms with E-state index in [1.807, 2.05) is 11.9 Å². The Morgan fingerprint density at radius 3 is 2.96 bits per heavy atom. The van der Waals surface area contributed by atoms with Crippen molar-refractivity contribution in [1.29, 1.82) is 0 Å². The van der Waals surface area contributed by atoms with Gasteiger partial charge in [-0.2, -0.15) is 0 Å². The zero-order valence-corrected chi connectivity index (χ0v) is 14.5. The second-order valence-electron chi connectivity index (χ2n) is 6.96. The molecule has 1 atom stereocenters. The maximum absolute atomic E-state index is 12.8. The Bertz CT molecular complexity index is 899.